The van der Waals surface area contributed by atoms with Crippen molar-refractivity contribution in [2.75, 3.05) is 52.9 Å². The van der Waals surface area contributed by atoms with Crippen LogP contribution >= 0.6 is 0 Å². The van der Waals surface area contributed by atoms with Crippen molar-refractivity contribution in [2.24, 2.45) is 0 Å². The van der Waals surface area contributed by atoms with E-state index in [1.807, 2.05) is 27.7 Å². The van der Waals surface area contributed by atoms with Crippen molar-refractivity contribution in [3.8, 4) is 11.5 Å². The highest BCUT2D eigenvalue weighted by Crippen LogP contribution is 2.54. The second kappa shape index (κ2) is 13.2. The van der Waals surface area contributed by atoms with Crippen LogP contribution in [0.3, 0.4) is 0 Å². The van der Waals surface area contributed by atoms with E-state index in [2.05, 4.69) is 13.8 Å². The molecule has 4 aliphatic rings. The normalized spacial score (nSPS) is 25.3. The molecular formula is C32H50O10. The smallest absolute Gasteiger partial charge is 0.385 e. The molecule has 5 rings (SSSR count). The van der Waals surface area contributed by atoms with Gasteiger partial charge >= 0.3 is 11.9 Å². The van der Waals surface area contributed by atoms with Crippen LogP contribution in [-0.4, -0.2) is 76.4 Å². The van der Waals surface area contributed by atoms with Crippen LogP contribution < -0.4 is 9.47 Å². The van der Waals surface area contributed by atoms with Gasteiger partial charge in [-0.25, -0.2) is 0 Å². The van der Waals surface area contributed by atoms with Crippen LogP contribution in [0.4, 0.5) is 0 Å². The first-order valence-electron chi connectivity index (χ1n) is 16.1. The Labute approximate surface area is 250 Å². The fourth-order valence-electron chi connectivity index (χ4n) is 7.07. The van der Waals surface area contributed by atoms with Gasteiger partial charge in [0.25, 0.3) is 11.6 Å². The van der Waals surface area contributed by atoms with E-state index in [1.54, 1.807) is 0 Å². The van der Waals surface area contributed by atoms with Gasteiger partial charge in [-0.05, 0) is 58.1 Å². The molecule has 2 atom stereocenters. The van der Waals surface area contributed by atoms with Gasteiger partial charge in [-0.1, -0.05) is 26.7 Å². The Morgan fingerprint density at radius 2 is 1.14 bits per heavy atom. The number of hydrogen-bond donors (Lipinski definition) is 0. The first-order chi connectivity index (χ1) is 20.4. The third kappa shape index (κ3) is 5.15. The van der Waals surface area contributed by atoms with E-state index < -0.39 is 23.5 Å². The zero-order valence-corrected chi connectivity index (χ0v) is 26.4. The highest BCUT2D eigenvalue weighted by Gasteiger charge is 2.64. The van der Waals surface area contributed by atoms with Gasteiger partial charge in [0.05, 0.1) is 39.6 Å². The van der Waals surface area contributed by atoms with Crippen molar-refractivity contribution < 1.29 is 47.4 Å². The van der Waals surface area contributed by atoms with Gasteiger partial charge in [0.1, 0.15) is 0 Å². The molecular weight excluding hydrogens is 544 g/mol. The second-order valence-electron chi connectivity index (χ2n) is 11.0. The summed E-state index contributed by atoms with van der Waals surface area (Å²) < 4.78 is 66.2. The summed E-state index contributed by atoms with van der Waals surface area (Å²) in [6, 6.07) is 0. The molecule has 238 valence electrons. The SMILES string of the molecule is CCCC(OCC)(OCC)C(OCC)(OCC)Oc1c2c3c4c5c1OC(OCC4)(OCC5)C(CCC)(OCC3)OCC2. The van der Waals surface area contributed by atoms with Crippen molar-refractivity contribution in [1.82, 2.24) is 0 Å². The highest BCUT2D eigenvalue weighted by atomic mass is 16.9. The van der Waals surface area contributed by atoms with Crippen molar-refractivity contribution in [1.29, 1.82) is 0 Å². The van der Waals surface area contributed by atoms with E-state index >= 15 is 0 Å². The van der Waals surface area contributed by atoms with Crippen LogP contribution in [0.25, 0.3) is 0 Å². The Hall–Kier alpha value is -1.50. The fraction of sp³-hybridized carbons (Fsp3) is 0.812. The minimum atomic E-state index is -1.72. The molecule has 1 aromatic rings. The van der Waals surface area contributed by atoms with E-state index in [0.29, 0.717) is 96.5 Å². The molecule has 6 bridgehead atoms. The lowest BCUT2D eigenvalue weighted by Gasteiger charge is -2.48. The minimum absolute atomic E-state index is 0.307. The second-order valence-corrected chi connectivity index (χ2v) is 11.0. The van der Waals surface area contributed by atoms with Crippen LogP contribution in [0.5, 0.6) is 11.5 Å². The molecule has 4 heterocycles. The highest BCUT2D eigenvalue weighted by molar-refractivity contribution is 5.61. The Bertz CT molecular complexity index is 1050. The van der Waals surface area contributed by atoms with Crippen LogP contribution in [-0.2, 0) is 63.6 Å². The molecule has 0 spiro atoms. The third-order valence-electron chi connectivity index (χ3n) is 8.50. The van der Waals surface area contributed by atoms with Crippen molar-refractivity contribution in [2.45, 2.75) is 116 Å². The standard InChI is InChI=1S/C32H50O10/c1-7-17-29(33-9-3,34-10-4)31(35-11-5,36-12-6)41-27-25-15-20-38-30(18-8-2)32-39-21-14-24(23(25)13-19-37-30)26(16-22-40-32)28(27)42-32/h7-22H2,1-6H3. The van der Waals surface area contributed by atoms with Gasteiger partial charge in [0.15, 0.2) is 11.5 Å². The number of ether oxygens (including phenoxy) is 10. The van der Waals surface area contributed by atoms with Gasteiger partial charge in [-0.3, -0.25) is 0 Å². The molecule has 2 unspecified atom stereocenters. The topological polar surface area (TPSA) is 92.3 Å². The molecule has 0 radical (unpaired) electrons. The summed E-state index contributed by atoms with van der Waals surface area (Å²) in [6.45, 7) is 14.9. The molecule has 42 heavy (non-hydrogen) atoms. The van der Waals surface area contributed by atoms with Crippen LogP contribution in [0.1, 0.15) is 89.5 Å². The largest absolute Gasteiger partial charge is 0.431 e. The van der Waals surface area contributed by atoms with Crippen molar-refractivity contribution >= 4 is 0 Å². The van der Waals surface area contributed by atoms with Crippen molar-refractivity contribution in [3.63, 3.8) is 0 Å². The molecule has 1 aromatic carbocycles. The van der Waals surface area contributed by atoms with E-state index in [4.69, 9.17) is 47.4 Å². The molecule has 0 saturated heterocycles. The van der Waals surface area contributed by atoms with E-state index in [9.17, 15) is 0 Å². The molecule has 0 aliphatic carbocycles. The number of hydrogen-bond acceptors (Lipinski definition) is 10. The summed E-state index contributed by atoms with van der Waals surface area (Å²) in [5.74, 6) is -4.80. The molecule has 10 heteroatoms. The quantitative estimate of drug-likeness (QED) is 0.253. The predicted molar refractivity (Wildman–Crippen MR) is 154 cm³/mol. The Balaban J connectivity index is 1.79. The number of fused-ring (bicyclic) bond motifs is 4. The summed E-state index contributed by atoms with van der Waals surface area (Å²) in [5.41, 5.74) is 4.46. The summed E-state index contributed by atoms with van der Waals surface area (Å²) in [5, 5.41) is 0. The summed E-state index contributed by atoms with van der Waals surface area (Å²) in [4.78, 5) is 0. The molecule has 4 aliphatic heterocycles. The zero-order chi connectivity index (χ0) is 29.8. The fourth-order valence-corrected chi connectivity index (χ4v) is 7.07. The average Bonchev–Trinajstić information content (AvgIpc) is 3.01. The van der Waals surface area contributed by atoms with Gasteiger partial charge < -0.3 is 47.4 Å². The van der Waals surface area contributed by atoms with Gasteiger partial charge in [0, 0.05) is 43.6 Å². The maximum Gasteiger partial charge on any atom is 0.385 e. The van der Waals surface area contributed by atoms with Gasteiger partial charge in [-0.15, -0.1) is 0 Å². The first-order valence-corrected chi connectivity index (χ1v) is 16.1. The first kappa shape index (κ1) is 31.9. The lowest BCUT2D eigenvalue weighted by Crippen LogP contribution is -2.65. The Morgan fingerprint density at radius 1 is 0.619 bits per heavy atom. The molecule has 0 aromatic heterocycles. The molecule has 0 amide bonds. The summed E-state index contributed by atoms with van der Waals surface area (Å²) in [6.07, 6.45) is 5.24. The Morgan fingerprint density at radius 3 is 1.69 bits per heavy atom. The third-order valence-corrected chi connectivity index (χ3v) is 8.50. The average molecular weight is 595 g/mol. The summed E-state index contributed by atoms with van der Waals surface area (Å²) >= 11 is 0. The van der Waals surface area contributed by atoms with Crippen LogP contribution in [0.2, 0.25) is 0 Å². The molecule has 0 saturated carbocycles. The minimum Gasteiger partial charge on any atom is -0.431 e. The number of benzene rings is 1. The molecule has 0 N–H and O–H groups in total. The van der Waals surface area contributed by atoms with Gasteiger partial charge in [0.2, 0.25) is 0 Å². The van der Waals surface area contributed by atoms with Crippen molar-refractivity contribution in [3.05, 3.63) is 22.3 Å². The molecule has 10 nitrogen and oxygen atoms in total. The van der Waals surface area contributed by atoms with E-state index in [-0.39, 0.29) is 0 Å². The zero-order valence-electron chi connectivity index (χ0n) is 26.4. The lowest BCUT2D eigenvalue weighted by atomic mass is 9.87. The maximum absolute atomic E-state index is 7.16. The van der Waals surface area contributed by atoms with E-state index in [1.165, 1.54) is 11.1 Å². The maximum atomic E-state index is 7.16. The summed E-state index contributed by atoms with van der Waals surface area (Å²) in [7, 11) is 0. The van der Waals surface area contributed by atoms with Crippen LogP contribution in [0, 0.1) is 0 Å². The predicted octanol–water partition coefficient (Wildman–Crippen LogP) is 5.18. The lowest BCUT2D eigenvalue weighted by molar-refractivity contribution is -0.479. The van der Waals surface area contributed by atoms with Crippen LogP contribution in [0.15, 0.2) is 0 Å². The molecule has 0 fully saturated rings. The van der Waals surface area contributed by atoms with Gasteiger partial charge in [-0.2, -0.15) is 0 Å². The monoisotopic (exact) mass is 594 g/mol. The van der Waals surface area contributed by atoms with E-state index in [0.717, 1.165) is 30.4 Å². The Kier molecular flexibility index (Phi) is 10.1. The number of rotatable bonds is 15.